The summed E-state index contributed by atoms with van der Waals surface area (Å²) in [6.07, 6.45) is 0. The number of nitrogens with zero attached hydrogens (tertiary/aromatic N) is 1. The topological polar surface area (TPSA) is 3.24 Å². The van der Waals surface area contributed by atoms with Crippen molar-refractivity contribution in [1.82, 2.24) is 4.81 Å². The van der Waals surface area contributed by atoms with Gasteiger partial charge in [0.05, 0.1) is 0 Å². The van der Waals surface area contributed by atoms with Crippen molar-refractivity contribution in [2.45, 2.75) is 46.4 Å². The van der Waals surface area contributed by atoms with Crippen LogP contribution < -0.4 is 5.46 Å². The maximum Gasteiger partial charge on any atom is 0.254 e. The van der Waals surface area contributed by atoms with Crippen LogP contribution in [0, 0.1) is 0 Å². The van der Waals surface area contributed by atoms with Crippen LogP contribution in [0.1, 0.15) is 50.7 Å². The third kappa shape index (κ3) is 3.13. The lowest BCUT2D eigenvalue weighted by Gasteiger charge is -2.26. The highest BCUT2D eigenvalue weighted by Gasteiger charge is 2.22. The van der Waals surface area contributed by atoms with Crippen molar-refractivity contribution in [2.75, 3.05) is 14.1 Å². The molecule has 1 aromatic rings. The predicted molar refractivity (Wildman–Crippen MR) is 79.6 cm³/mol. The van der Waals surface area contributed by atoms with Crippen molar-refractivity contribution in [3.8, 4) is 0 Å². The Balaban J connectivity index is 3.38. The van der Waals surface area contributed by atoms with E-state index in [4.69, 9.17) is 0 Å². The van der Waals surface area contributed by atoms with Gasteiger partial charge in [0.15, 0.2) is 0 Å². The smallest absolute Gasteiger partial charge is 0.254 e. The molecule has 1 aromatic carbocycles. The first-order valence-electron chi connectivity index (χ1n) is 6.65. The summed E-state index contributed by atoms with van der Waals surface area (Å²) >= 11 is 0. The van der Waals surface area contributed by atoms with Crippen LogP contribution in [0.15, 0.2) is 18.2 Å². The fourth-order valence-corrected chi connectivity index (χ4v) is 2.35. The molecule has 0 fully saturated rings. The van der Waals surface area contributed by atoms with E-state index in [1.807, 2.05) is 0 Å². The highest BCUT2D eigenvalue weighted by Crippen LogP contribution is 2.20. The van der Waals surface area contributed by atoms with Crippen LogP contribution in [0.5, 0.6) is 0 Å². The molecule has 0 aliphatic rings. The Morgan fingerprint density at radius 2 is 1.35 bits per heavy atom. The lowest BCUT2D eigenvalue weighted by Crippen LogP contribution is -2.45. The Labute approximate surface area is 107 Å². The van der Waals surface area contributed by atoms with Gasteiger partial charge in [-0.3, -0.25) is 0 Å². The van der Waals surface area contributed by atoms with Gasteiger partial charge in [0.25, 0.3) is 6.85 Å². The van der Waals surface area contributed by atoms with Gasteiger partial charge in [0.1, 0.15) is 0 Å². The summed E-state index contributed by atoms with van der Waals surface area (Å²) < 4.78 is 0. The third-order valence-electron chi connectivity index (χ3n) is 3.61. The van der Waals surface area contributed by atoms with Crippen LogP contribution in [0.25, 0.3) is 0 Å². The van der Waals surface area contributed by atoms with Crippen LogP contribution >= 0.6 is 0 Å². The molecule has 2 heteroatoms. The van der Waals surface area contributed by atoms with E-state index in [-0.39, 0.29) is 0 Å². The van der Waals surface area contributed by atoms with E-state index in [1.165, 1.54) is 16.6 Å². The normalized spacial score (nSPS) is 11.6. The van der Waals surface area contributed by atoms with Gasteiger partial charge in [0, 0.05) is 0 Å². The molecule has 0 aliphatic carbocycles. The monoisotopic (exact) mass is 231 g/mol. The first-order chi connectivity index (χ1) is 7.86. The van der Waals surface area contributed by atoms with Gasteiger partial charge in [-0.05, 0) is 37.1 Å². The minimum Gasteiger partial charge on any atom is -0.344 e. The Kier molecular flexibility index (Phi) is 4.82. The summed E-state index contributed by atoms with van der Waals surface area (Å²) in [4.78, 5) is 2.30. The Morgan fingerprint density at radius 1 is 0.941 bits per heavy atom. The molecule has 0 N–H and O–H groups in total. The van der Waals surface area contributed by atoms with Gasteiger partial charge in [-0.25, -0.2) is 0 Å². The zero-order valence-electron chi connectivity index (χ0n) is 12.4. The predicted octanol–water partition coefficient (Wildman–Crippen LogP) is 3.32. The van der Waals surface area contributed by atoms with Crippen LogP contribution in [-0.4, -0.2) is 25.8 Å². The number of hydrogen-bond donors (Lipinski definition) is 0. The largest absolute Gasteiger partial charge is 0.344 e. The fourth-order valence-electron chi connectivity index (χ4n) is 2.35. The van der Waals surface area contributed by atoms with Crippen molar-refractivity contribution < 1.29 is 0 Å². The van der Waals surface area contributed by atoms with E-state index in [0.717, 1.165) is 0 Å². The summed E-state index contributed by atoms with van der Waals surface area (Å²) in [6, 6.07) is 6.77. The third-order valence-corrected chi connectivity index (χ3v) is 3.61. The van der Waals surface area contributed by atoms with Gasteiger partial charge in [-0.2, -0.15) is 0 Å². The van der Waals surface area contributed by atoms with E-state index in [9.17, 15) is 0 Å². The van der Waals surface area contributed by atoms with Crippen molar-refractivity contribution in [3.05, 3.63) is 29.3 Å². The average molecular weight is 231 g/mol. The van der Waals surface area contributed by atoms with Gasteiger partial charge in [-0.15, -0.1) is 0 Å². The van der Waals surface area contributed by atoms with E-state index >= 15 is 0 Å². The molecular formula is C15H26BN. The summed E-state index contributed by atoms with van der Waals surface area (Å²) in [5, 5.41) is 0. The Bertz CT molecular complexity index is 343. The summed E-state index contributed by atoms with van der Waals surface area (Å²) in [6.45, 7) is 11.9. The number of benzene rings is 1. The minimum atomic E-state index is 0.478. The lowest BCUT2D eigenvalue weighted by molar-refractivity contribution is 0.651. The van der Waals surface area contributed by atoms with Crippen LogP contribution in [-0.2, 0) is 0 Å². The molecule has 0 unspecified atom stereocenters. The van der Waals surface area contributed by atoms with Crippen LogP contribution in [0.4, 0.5) is 0 Å². The summed E-state index contributed by atoms with van der Waals surface area (Å²) in [5.74, 6) is 1.18. The molecule has 0 radical (unpaired) electrons. The highest BCUT2D eigenvalue weighted by atomic mass is 15.0. The van der Waals surface area contributed by atoms with Gasteiger partial charge in [0.2, 0.25) is 0 Å². The van der Waals surface area contributed by atoms with Crippen molar-refractivity contribution in [2.24, 2.45) is 0 Å². The molecule has 0 heterocycles. The quantitative estimate of drug-likeness (QED) is 0.718. The highest BCUT2D eigenvalue weighted by molar-refractivity contribution is 6.70. The van der Waals surface area contributed by atoms with E-state index in [0.29, 0.717) is 18.7 Å². The molecule has 1 rings (SSSR count). The second-order valence-electron chi connectivity index (χ2n) is 5.80. The minimum absolute atomic E-state index is 0.478. The molecule has 17 heavy (non-hydrogen) atoms. The maximum atomic E-state index is 2.30. The Hall–Kier alpha value is -0.755. The molecular weight excluding hydrogens is 205 g/mol. The zero-order valence-corrected chi connectivity index (χ0v) is 12.4. The van der Waals surface area contributed by atoms with Crippen LogP contribution in [0.2, 0.25) is 6.82 Å². The van der Waals surface area contributed by atoms with Crippen molar-refractivity contribution in [1.29, 1.82) is 0 Å². The molecule has 0 saturated carbocycles. The SMILES string of the molecule is CB(c1c(C(C)C)cccc1C(C)C)N(C)C. The Morgan fingerprint density at radius 3 is 1.65 bits per heavy atom. The standard InChI is InChI=1S/C15H26BN/c1-11(2)13-9-8-10-14(12(3)4)15(13)16(5)17(6)7/h8-12H,1-7H3. The van der Waals surface area contributed by atoms with Crippen LogP contribution in [0.3, 0.4) is 0 Å². The lowest BCUT2D eigenvalue weighted by atomic mass is 9.52. The van der Waals surface area contributed by atoms with Crippen molar-refractivity contribution in [3.63, 3.8) is 0 Å². The summed E-state index contributed by atoms with van der Waals surface area (Å²) in [7, 11) is 4.32. The molecule has 1 nitrogen and oxygen atoms in total. The van der Waals surface area contributed by atoms with Gasteiger partial charge >= 0.3 is 0 Å². The van der Waals surface area contributed by atoms with E-state index in [2.05, 4.69) is 71.6 Å². The molecule has 0 amide bonds. The molecule has 0 aliphatic heterocycles. The first kappa shape index (κ1) is 14.3. The first-order valence-corrected chi connectivity index (χ1v) is 6.65. The summed E-state index contributed by atoms with van der Waals surface area (Å²) in [5.41, 5.74) is 4.53. The van der Waals surface area contributed by atoms with Crippen molar-refractivity contribution >= 4 is 12.3 Å². The fraction of sp³-hybridized carbons (Fsp3) is 0.600. The molecule has 0 spiro atoms. The van der Waals surface area contributed by atoms with Gasteiger partial charge in [-0.1, -0.05) is 58.2 Å². The maximum absolute atomic E-state index is 2.30. The molecule has 0 aromatic heterocycles. The molecule has 0 atom stereocenters. The number of hydrogen-bond acceptors (Lipinski definition) is 1. The molecule has 94 valence electrons. The van der Waals surface area contributed by atoms with E-state index < -0.39 is 0 Å². The van der Waals surface area contributed by atoms with Gasteiger partial charge < -0.3 is 4.81 Å². The second-order valence-corrected chi connectivity index (χ2v) is 5.80. The van der Waals surface area contributed by atoms with E-state index in [1.54, 1.807) is 0 Å². The molecule has 0 bridgehead atoms. The molecule has 0 saturated heterocycles. The number of rotatable bonds is 4. The average Bonchev–Trinajstić information content (AvgIpc) is 2.26. The zero-order chi connectivity index (χ0) is 13.2. The second kappa shape index (κ2) is 5.73.